The van der Waals surface area contributed by atoms with Crippen LogP contribution in [-0.2, 0) is 4.74 Å². The molecule has 0 bridgehead atoms. The maximum absolute atomic E-state index is 13.2. The summed E-state index contributed by atoms with van der Waals surface area (Å²) in [6.45, 7) is 11.4. The summed E-state index contributed by atoms with van der Waals surface area (Å²) in [5.41, 5.74) is -0.0243. The Bertz CT molecular complexity index is 766. The second-order valence-electron chi connectivity index (χ2n) is 9.18. The van der Waals surface area contributed by atoms with Crippen molar-refractivity contribution in [2.45, 2.75) is 59.1 Å². The maximum Gasteiger partial charge on any atom is 0.410 e. The number of hydrogen-bond donors (Lipinski definition) is 0. The summed E-state index contributed by atoms with van der Waals surface area (Å²) >= 11 is 3.44. The zero-order valence-electron chi connectivity index (χ0n) is 19.7. The minimum atomic E-state index is -0.543. The van der Waals surface area contributed by atoms with Crippen LogP contribution in [0.25, 0.3) is 0 Å². The lowest BCUT2D eigenvalue weighted by molar-refractivity contribution is 0.0124. The Hall–Kier alpha value is -1.96. The van der Waals surface area contributed by atoms with Crippen molar-refractivity contribution in [3.05, 3.63) is 22.2 Å². The van der Waals surface area contributed by atoms with Gasteiger partial charge in [-0.25, -0.2) is 4.79 Å². The molecule has 1 aromatic rings. The molecule has 31 heavy (non-hydrogen) atoms. The van der Waals surface area contributed by atoms with Crippen molar-refractivity contribution < 1.29 is 23.8 Å². The predicted molar refractivity (Wildman–Crippen MR) is 124 cm³/mol. The van der Waals surface area contributed by atoms with Crippen LogP contribution in [0.5, 0.6) is 11.5 Å². The van der Waals surface area contributed by atoms with E-state index in [1.807, 2.05) is 39.5 Å². The van der Waals surface area contributed by atoms with Gasteiger partial charge in [0, 0.05) is 31.2 Å². The van der Waals surface area contributed by atoms with Crippen LogP contribution in [0.4, 0.5) is 4.79 Å². The molecule has 2 amide bonds. The van der Waals surface area contributed by atoms with Crippen molar-refractivity contribution in [3.8, 4) is 11.5 Å². The summed E-state index contributed by atoms with van der Waals surface area (Å²) in [6, 6.07) is 3.46. The maximum atomic E-state index is 13.2. The lowest BCUT2D eigenvalue weighted by atomic mass is 9.96. The molecule has 1 atom stereocenters. The summed E-state index contributed by atoms with van der Waals surface area (Å²) in [5, 5.41) is 0. The molecule has 0 aliphatic carbocycles. The zero-order valence-corrected chi connectivity index (χ0v) is 21.2. The zero-order chi connectivity index (χ0) is 23.3. The molecule has 1 heterocycles. The summed E-state index contributed by atoms with van der Waals surface area (Å²) < 4.78 is 17.0. The molecule has 1 aliphatic rings. The largest absolute Gasteiger partial charge is 0.495 e. The average Bonchev–Trinajstić information content (AvgIpc) is 2.70. The van der Waals surface area contributed by atoms with Gasteiger partial charge < -0.3 is 24.0 Å². The van der Waals surface area contributed by atoms with Gasteiger partial charge in [-0.3, -0.25) is 4.79 Å². The highest BCUT2D eigenvalue weighted by atomic mass is 79.9. The average molecular weight is 499 g/mol. The molecule has 0 radical (unpaired) electrons. The molecule has 1 aromatic carbocycles. The molecule has 1 unspecified atom stereocenters. The highest BCUT2D eigenvalue weighted by Gasteiger charge is 2.31. The van der Waals surface area contributed by atoms with E-state index in [0.29, 0.717) is 41.2 Å². The second-order valence-corrected chi connectivity index (χ2v) is 9.97. The number of ether oxygens (including phenoxy) is 3. The van der Waals surface area contributed by atoms with Gasteiger partial charge >= 0.3 is 6.09 Å². The molecule has 7 nitrogen and oxygen atoms in total. The Morgan fingerprint density at radius 3 is 2.26 bits per heavy atom. The number of piperidine rings is 1. The van der Waals surface area contributed by atoms with Crippen molar-refractivity contribution >= 4 is 27.9 Å². The molecule has 0 spiro atoms. The Labute approximate surface area is 194 Å². The van der Waals surface area contributed by atoms with E-state index in [1.54, 1.807) is 31.3 Å². The van der Waals surface area contributed by atoms with Crippen LogP contribution < -0.4 is 9.47 Å². The lowest BCUT2D eigenvalue weighted by Gasteiger charge is -2.37. The van der Waals surface area contributed by atoms with Crippen LogP contribution in [0.2, 0.25) is 0 Å². The Kier molecular flexibility index (Phi) is 8.63. The number of halogens is 1. The number of carbonyl (C=O) groups is 2. The Morgan fingerprint density at radius 1 is 1.19 bits per heavy atom. The third-order valence-corrected chi connectivity index (χ3v) is 5.99. The van der Waals surface area contributed by atoms with Crippen LogP contribution in [0.15, 0.2) is 16.6 Å². The molecule has 1 fully saturated rings. The molecular formula is C23H35BrN2O5. The standard InChI is InChI=1S/C23H35BrN2O5/c1-15(2)26(22(28)31-23(3,4)5)14-16-9-8-10-25(13-16)21(27)17-11-18(29-6)20(24)19(12-17)30-7/h11-12,15-16H,8-10,13-14H2,1-7H3. The monoisotopic (exact) mass is 498 g/mol. The van der Waals surface area contributed by atoms with Gasteiger partial charge in [0.25, 0.3) is 5.91 Å². The molecule has 1 saturated heterocycles. The number of rotatable bonds is 6. The number of amides is 2. The van der Waals surface area contributed by atoms with Crippen LogP contribution in [0.1, 0.15) is 57.8 Å². The third kappa shape index (κ3) is 6.76. The van der Waals surface area contributed by atoms with Gasteiger partial charge in [0.15, 0.2) is 0 Å². The molecular weight excluding hydrogens is 464 g/mol. The van der Waals surface area contributed by atoms with Crippen molar-refractivity contribution in [3.63, 3.8) is 0 Å². The number of hydrogen-bond acceptors (Lipinski definition) is 5. The first-order chi connectivity index (χ1) is 14.5. The topological polar surface area (TPSA) is 68.3 Å². The van der Waals surface area contributed by atoms with Gasteiger partial charge in [-0.05, 0) is 81.4 Å². The fraction of sp³-hybridized carbons (Fsp3) is 0.652. The third-order valence-electron chi connectivity index (χ3n) is 5.21. The lowest BCUT2D eigenvalue weighted by Crippen LogP contribution is -2.48. The van der Waals surface area contributed by atoms with Gasteiger partial charge in [-0.2, -0.15) is 0 Å². The van der Waals surface area contributed by atoms with Crippen LogP contribution in [0.3, 0.4) is 0 Å². The molecule has 174 valence electrons. The van der Waals surface area contributed by atoms with E-state index in [1.165, 1.54) is 0 Å². The molecule has 8 heteroatoms. The SMILES string of the molecule is COc1cc(C(=O)N2CCCC(CN(C(=O)OC(C)(C)C)C(C)C)C2)cc(OC)c1Br. The second kappa shape index (κ2) is 10.6. The fourth-order valence-corrected chi connectivity index (χ4v) is 4.22. The number of nitrogens with zero attached hydrogens (tertiary/aromatic N) is 2. The summed E-state index contributed by atoms with van der Waals surface area (Å²) in [5.74, 6) is 1.22. The Balaban J connectivity index is 2.14. The first-order valence-corrected chi connectivity index (χ1v) is 11.5. The molecule has 2 rings (SSSR count). The van der Waals surface area contributed by atoms with E-state index in [4.69, 9.17) is 14.2 Å². The molecule has 0 saturated carbocycles. The molecule has 0 N–H and O–H groups in total. The van der Waals surface area contributed by atoms with Gasteiger partial charge in [-0.1, -0.05) is 0 Å². The molecule has 1 aliphatic heterocycles. The summed E-state index contributed by atoms with van der Waals surface area (Å²) in [4.78, 5) is 29.5. The van der Waals surface area contributed by atoms with E-state index in [-0.39, 0.29) is 24.0 Å². The van der Waals surface area contributed by atoms with Crippen LogP contribution in [0, 0.1) is 5.92 Å². The van der Waals surface area contributed by atoms with E-state index < -0.39 is 5.60 Å². The van der Waals surface area contributed by atoms with Crippen molar-refractivity contribution in [1.29, 1.82) is 0 Å². The van der Waals surface area contributed by atoms with Crippen molar-refractivity contribution in [2.24, 2.45) is 5.92 Å². The summed E-state index contributed by atoms with van der Waals surface area (Å²) in [7, 11) is 3.11. The highest BCUT2D eigenvalue weighted by molar-refractivity contribution is 9.10. The van der Waals surface area contributed by atoms with E-state index in [9.17, 15) is 9.59 Å². The van der Waals surface area contributed by atoms with Gasteiger partial charge in [0.1, 0.15) is 21.6 Å². The number of carbonyl (C=O) groups excluding carboxylic acids is 2. The van der Waals surface area contributed by atoms with E-state index in [0.717, 1.165) is 12.8 Å². The summed E-state index contributed by atoms with van der Waals surface area (Å²) in [6.07, 6.45) is 1.54. The smallest absolute Gasteiger partial charge is 0.410 e. The predicted octanol–water partition coefficient (Wildman–Crippen LogP) is 4.96. The first kappa shape index (κ1) is 25.3. The van der Waals surface area contributed by atoms with Crippen LogP contribution in [-0.4, -0.2) is 67.3 Å². The highest BCUT2D eigenvalue weighted by Crippen LogP contribution is 2.36. The molecule has 0 aromatic heterocycles. The van der Waals surface area contributed by atoms with E-state index >= 15 is 0 Å². The normalized spacial score (nSPS) is 16.8. The number of likely N-dealkylation sites (tertiary alicyclic amines) is 1. The van der Waals surface area contributed by atoms with Gasteiger partial charge in [0.05, 0.1) is 14.2 Å². The first-order valence-electron chi connectivity index (χ1n) is 10.7. The Morgan fingerprint density at radius 2 is 1.77 bits per heavy atom. The van der Waals surface area contributed by atoms with E-state index in [2.05, 4.69) is 15.9 Å². The van der Waals surface area contributed by atoms with Gasteiger partial charge in [-0.15, -0.1) is 0 Å². The van der Waals surface area contributed by atoms with Gasteiger partial charge in [0.2, 0.25) is 0 Å². The minimum absolute atomic E-state index is 0.0147. The number of benzene rings is 1. The fourth-order valence-electron chi connectivity index (χ4n) is 3.67. The van der Waals surface area contributed by atoms with Crippen LogP contribution >= 0.6 is 15.9 Å². The van der Waals surface area contributed by atoms with Crippen molar-refractivity contribution in [2.75, 3.05) is 33.9 Å². The van der Waals surface area contributed by atoms with Crippen molar-refractivity contribution in [1.82, 2.24) is 9.80 Å². The minimum Gasteiger partial charge on any atom is -0.495 e. The number of methoxy groups -OCH3 is 2. The quantitative estimate of drug-likeness (QED) is 0.553.